The lowest BCUT2D eigenvalue weighted by molar-refractivity contribution is 0.758. The van der Waals surface area contributed by atoms with Crippen LogP contribution in [0, 0.1) is 5.92 Å². The standard InChI is InChI=1S/C56H35N3/c1-3-15-36-31-53-47(27-34(36)13-1)48-28-35-14-2-4-16-37(35)32-54(48)59(53)40-25-26-51-52(33-40)58-56(50-30-39-18-6-8-20-42(39)44-22-10-12-24-46(44)50)55(57-51)49-29-38-17-5-7-19-41(38)43-21-9-11-23-45(43)49/h1-27,29-33,35H,28H2. The molecular formula is C56H35N3. The number of hydrogen-bond acceptors (Lipinski definition) is 2. The normalized spacial score (nSPS) is 14.8. The van der Waals surface area contributed by atoms with Gasteiger partial charge in [0.2, 0.25) is 0 Å². The first kappa shape index (κ1) is 32.5. The third-order valence-corrected chi connectivity index (χ3v) is 12.8. The fourth-order valence-corrected chi connectivity index (χ4v) is 10.1. The summed E-state index contributed by atoms with van der Waals surface area (Å²) in [6.45, 7) is 0. The topological polar surface area (TPSA) is 30.7 Å². The Morgan fingerprint density at radius 2 is 1.02 bits per heavy atom. The van der Waals surface area contributed by atoms with Gasteiger partial charge in [-0.3, -0.25) is 0 Å². The third-order valence-electron chi connectivity index (χ3n) is 12.8. The van der Waals surface area contributed by atoms with E-state index < -0.39 is 0 Å². The first-order valence-electron chi connectivity index (χ1n) is 20.5. The van der Waals surface area contributed by atoms with Gasteiger partial charge in [0.05, 0.1) is 33.6 Å². The molecule has 0 amide bonds. The van der Waals surface area contributed by atoms with Crippen molar-refractivity contribution >= 4 is 81.9 Å². The van der Waals surface area contributed by atoms with Gasteiger partial charge in [0.1, 0.15) is 0 Å². The smallest absolute Gasteiger partial charge is 0.0979 e. The Kier molecular flexibility index (Phi) is 6.84. The van der Waals surface area contributed by atoms with Gasteiger partial charge in [0.25, 0.3) is 0 Å². The molecule has 274 valence electrons. The second kappa shape index (κ2) is 12.4. The average Bonchev–Trinajstić information content (AvgIpc) is 3.60. The van der Waals surface area contributed by atoms with Crippen molar-refractivity contribution in [3.05, 3.63) is 205 Å². The Labute approximate surface area is 340 Å². The lowest BCUT2D eigenvalue weighted by Crippen LogP contribution is -2.12. The maximum Gasteiger partial charge on any atom is 0.0979 e. The zero-order valence-electron chi connectivity index (χ0n) is 32.1. The Hall–Kier alpha value is -7.62. The number of benzene rings is 9. The van der Waals surface area contributed by atoms with Gasteiger partial charge in [-0.2, -0.15) is 0 Å². The highest BCUT2D eigenvalue weighted by atomic mass is 15.0. The molecule has 9 aromatic carbocycles. The molecule has 11 aromatic rings. The van der Waals surface area contributed by atoms with Gasteiger partial charge >= 0.3 is 0 Å². The molecule has 0 N–H and O–H groups in total. The molecule has 2 aliphatic rings. The van der Waals surface area contributed by atoms with Crippen molar-refractivity contribution in [1.82, 2.24) is 14.5 Å². The van der Waals surface area contributed by atoms with Crippen LogP contribution < -0.4 is 0 Å². The number of rotatable bonds is 3. The summed E-state index contributed by atoms with van der Waals surface area (Å²) in [5.41, 5.74) is 11.9. The molecule has 1 unspecified atom stereocenters. The number of allylic oxidation sites excluding steroid dienone is 5. The molecule has 1 atom stereocenters. The van der Waals surface area contributed by atoms with Crippen LogP contribution in [0.2, 0.25) is 0 Å². The summed E-state index contributed by atoms with van der Waals surface area (Å²) in [7, 11) is 0. The van der Waals surface area contributed by atoms with Crippen molar-refractivity contribution in [3.63, 3.8) is 0 Å². The minimum Gasteiger partial charge on any atom is -0.309 e. The van der Waals surface area contributed by atoms with E-state index >= 15 is 0 Å². The van der Waals surface area contributed by atoms with Crippen LogP contribution in [0.1, 0.15) is 11.3 Å². The summed E-state index contributed by atoms with van der Waals surface area (Å²) >= 11 is 0. The molecule has 0 saturated carbocycles. The highest BCUT2D eigenvalue weighted by molar-refractivity contribution is 6.17. The Morgan fingerprint density at radius 1 is 0.458 bits per heavy atom. The van der Waals surface area contributed by atoms with E-state index in [2.05, 4.69) is 199 Å². The fourth-order valence-electron chi connectivity index (χ4n) is 10.1. The molecule has 3 nitrogen and oxygen atoms in total. The van der Waals surface area contributed by atoms with Crippen LogP contribution >= 0.6 is 0 Å². The van der Waals surface area contributed by atoms with E-state index in [4.69, 9.17) is 9.97 Å². The predicted octanol–water partition coefficient (Wildman–Crippen LogP) is 14.4. The second-order valence-electron chi connectivity index (χ2n) is 16.1. The Balaban J connectivity index is 1.12. The van der Waals surface area contributed by atoms with Crippen molar-refractivity contribution < 1.29 is 0 Å². The van der Waals surface area contributed by atoms with Crippen molar-refractivity contribution in [2.24, 2.45) is 5.92 Å². The van der Waals surface area contributed by atoms with E-state index in [0.717, 1.165) is 51.0 Å². The summed E-state index contributed by atoms with van der Waals surface area (Å²) < 4.78 is 2.46. The van der Waals surface area contributed by atoms with Gasteiger partial charge in [-0.25, -0.2) is 9.97 Å². The van der Waals surface area contributed by atoms with Crippen LogP contribution in [0.4, 0.5) is 0 Å². The molecule has 0 radical (unpaired) electrons. The first-order chi connectivity index (χ1) is 29.2. The molecule has 2 aliphatic carbocycles. The maximum atomic E-state index is 5.73. The van der Waals surface area contributed by atoms with Crippen LogP contribution in [-0.2, 0) is 6.42 Å². The van der Waals surface area contributed by atoms with Crippen LogP contribution in [0.15, 0.2) is 194 Å². The highest BCUT2D eigenvalue weighted by Gasteiger charge is 2.27. The first-order valence-corrected chi connectivity index (χ1v) is 20.5. The molecule has 0 bridgehead atoms. The number of fused-ring (bicyclic) bond motifs is 12. The molecule has 2 heterocycles. The SMILES string of the molecule is C1=CC2=Cc3c(c4cc5ccccc5cc4n3-c3ccc4nc(-c5cc6ccccc6c6ccccc56)c(-c5cc6ccccc6c6ccccc56)nc4c3)CC2C=C1. The number of hydrogen-bond donors (Lipinski definition) is 0. The van der Waals surface area contributed by atoms with Gasteiger partial charge in [0.15, 0.2) is 0 Å². The molecule has 3 heteroatoms. The predicted molar refractivity (Wildman–Crippen MR) is 248 cm³/mol. The molecule has 0 spiro atoms. The highest BCUT2D eigenvalue weighted by Crippen LogP contribution is 2.44. The zero-order valence-corrected chi connectivity index (χ0v) is 32.1. The molecule has 2 aromatic heterocycles. The monoisotopic (exact) mass is 749 g/mol. The van der Waals surface area contributed by atoms with Crippen LogP contribution in [-0.4, -0.2) is 14.5 Å². The number of nitrogens with zero attached hydrogens (tertiary/aromatic N) is 3. The van der Waals surface area contributed by atoms with Crippen molar-refractivity contribution in [2.45, 2.75) is 6.42 Å². The van der Waals surface area contributed by atoms with Crippen molar-refractivity contribution in [3.8, 4) is 28.2 Å². The van der Waals surface area contributed by atoms with E-state index in [1.807, 2.05) is 0 Å². The van der Waals surface area contributed by atoms with Gasteiger partial charge in [-0.05, 0) is 120 Å². The van der Waals surface area contributed by atoms with Crippen molar-refractivity contribution in [1.29, 1.82) is 0 Å². The average molecular weight is 750 g/mol. The largest absolute Gasteiger partial charge is 0.309 e. The lowest BCUT2D eigenvalue weighted by Gasteiger charge is -2.23. The summed E-state index contributed by atoms with van der Waals surface area (Å²) in [5.74, 6) is 0.379. The maximum absolute atomic E-state index is 5.73. The molecular weight excluding hydrogens is 715 g/mol. The fraction of sp³-hybridized carbons (Fsp3) is 0.0357. The minimum absolute atomic E-state index is 0.379. The molecule has 0 saturated heterocycles. The summed E-state index contributed by atoms with van der Waals surface area (Å²) in [4.78, 5) is 11.4. The van der Waals surface area contributed by atoms with Crippen molar-refractivity contribution in [2.75, 3.05) is 0 Å². The van der Waals surface area contributed by atoms with Crippen LogP contribution in [0.3, 0.4) is 0 Å². The third kappa shape index (κ3) is 4.88. The van der Waals surface area contributed by atoms with E-state index in [9.17, 15) is 0 Å². The molecule has 0 aliphatic heterocycles. The van der Waals surface area contributed by atoms with Gasteiger partial charge in [-0.15, -0.1) is 0 Å². The minimum atomic E-state index is 0.379. The van der Waals surface area contributed by atoms with Crippen LogP contribution in [0.5, 0.6) is 0 Å². The molecule has 59 heavy (non-hydrogen) atoms. The zero-order chi connectivity index (χ0) is 38.6. The second-order valence-corrected chi connectivity index (χ2v) is 16.1. The van der Waals surface area contributed by atoms with E-state index in [-0.39, 0.29) is 0 Å². The van der Waals surface area contributed by atoms with Gasteiger partial charge in [-0.1, -0.05) is 146 Å². The molecule has 0 fully saturated rings. The van der Waals surface area contributed by atoms with E-state index in [1.54, 1.807) is 0 Å². The Bertz CT molecular complexity index is 3710. The van der Waals surface area contributed by atoms with Crippen LogP contribution in [0.25, 0.3) is 110 Å². The van der Waals surface area contributed by atoms with E-state index in [1.165, 1.54) is 76.2 Å². The van der Waals surface area contributed by atoms with Gasteiger partial charge in [0, 0.05) is 28.1 Å². The Morgan fingerprint density at radius 3 is 1.68 bits per heavy atom. The van der Waals surface area contributed by atoms with E-state index in [0.29, 0.717) is 5.92 Å². The van der Waals surface area contributed by atoms with Gasteiger partial charge < -0.3 is 4.57 Å². The summed E-state index contributed by atoms with van der Waals surface area (Å²) in [6.07, 6.45) is 12.3. The number of aromatic nitrogens is 3. The lowest BCUT2D eigenvalue weighted by atomic mass is 9.83. The molecule has 13 rings (SSSR count). The quantitative estimate of drug-likeness (QED) is 0.168. The summed E-state index contributed by atoms with van der Waals surface area (Å²) in [6, 6.07) is 59.6. The summed E-state index contributed by atoms with van der Waals surface area (Å²) in [5, 5.41) is 13.4.